The van der Waals surface area contributed by atoms with Crippen LogP contribution in [0.3, 0.4) is 0 Å². The normalized spacial score (nSPS) is 10.5. The van der Waals surface area contributed by atoms with Crippen LogP contribution in [0.4, 0.5) is 4.39 Å². The van der Waals surface area contributed by atoms with Crippen molar-refractivity contribution in [2.75, 3.05) is 14.2 Å². The lowest BCUT2D eigenvalue weighted by Gasteiger charge is -2.06. The Morgan fingerprint density at radius 2 is 2.29 bits per heavy atom. The SMILES string of the molecule is CNCc1cc(-c2c(F)cccc2OC)n[nH]1. The van der Waals surface area contributed by atoms with E-state index in [1.807, 2.05) is 7.05 Å². The number of methoxy groups -OCH3 is 1. The van der Waals surface area contributed by atoms with Gasteiger partial charge in [-0.05, 0) is 25.2 Å². The van der Waals surface area contributed by atoms with Crippen LogP contribution in [0.15, 0.2) is 24.3 Å². The summed E-state index contributed by atoms with van der Waals surface area (Å²) in [5.74, 6) is 0.138. The summed E-state index contributed by atoms with van der Waals surface area (Å²) in [6.07, 6.45) is 0. The lowest BCUT2D eigenvalue weighted by molar-refractivity contribution is 0.413. The molecule has 0 saturated heterocycles. The van der Waals surface area contributed by atoms with E-state index >= 15 is 0 Å². The van der Waals surface area contributed by atoms with E-state index in [1.165, 1.54) is 13.2 Å². The molecule has 0 fully saturated rings. The predicted molar refractivity (Wildman–Crippen MR) is 63.3 cm³/mol. The number of aromatic amines is 1. The Balaban J connectivity index is 2.44. The Bertz CT molecular complexity index is 510. The zero-order chi connectivity index (χ0) is 12.3. The molecule has 0 saturated carbocycles. The van der Waals surface area contributed by atoms with Crippen LogP contribution < -0.4 is 10.1 Å². The van der Waals surface area contributed by atoms with Gasteiger partial charge in [0.15, 0.2) is 0 Å². The average molecular weight is 235 g/mol. The molecule has 1 heterocycles. The molecule has 0 aliphatic heterocycles. The smallest absolute Gasteiger partial charge is 0.136 e. The van der Waals surface area contributed by atoms with E-state index in [0.29, 0.717) is 23.6 Å². The molecule has 0 aliphatic rings. The Labute approximate surface area is 98.8 Å². The fourth-order valence-electron chi connectivity index (χ4n) is 1.69. The number of halogens is 1. The molecule has 0 bridgehead atoms. The van der Waals surface area contributed by atoms with E-state index in [0.717, 1.165) is 5.69 Å². The van der Waals surface area contributed by atoms with Gasteiger partial charge in [-0.15, -0.1) is 0 Å². The van der Waals surface area contributed by atoms with E-state index in [-0.39, 0.29) is 5.82 Å². The molecule has 17 heavy (non-hydrogen) atoms. The highest BCUT2D eigenvalue weighted by molar-refractivity contribution is 5.68. The zero-order valence-electron chi connectivity index (χ0n) is 9.75. The lowest BCUT2D eigenvalue weighted by Crippen LogP contribution is -2.04. The molecule has 1 aromatic heterocycles. The number of H-pyrrole nitrogens is 1. The minimum Gasteiger partial charge on any atom is -0.496 e. The Kier molecular flexibility index (Phi) is 3.39. The molecule has 2 rings (SSSR count). The lowest BCUT2D eigenvalue weighted by atomic mass is 10.1. The van der Waals surface area contributed by atoms with Crippen molar-refractivity contribution in [2.45, 2.75) is 6.54 Å². The highest BCUT2D eigenvalue weighted by Gasteiger charge is 2.14. The van der Waals surface area contributed by atoms with Gasteiger partial charge < -0.3 is 10.1 Å². The van der Waals surface area contributed by atoms with Crippen LogP contribution in [0.2, 0.25) is 0 Å². The number of nitrogens with one attached hydrogen (secondary N) is 2. The van der Waals surface area contributed by atoms with Crippen LogP contribution in [0.1, 0.15) is 5.69 Å². The molecule has 0 aliphatic carbocycles. The third-order valence-electron chi connectivity index (χ3n) is 2.45. The van der Waals surface area contributed by atoms with Crippen molar-refractivity contribution in [3.8, 4) is 17.0 Å². The fraction of sp³-hybridized carbons (Fsp3) is 0.250. The molecule has 0 radical (unpaired) electrons. The topological polar surface area (TPSA) is 49.9 Å². The van der Waals surface area contributed by atoms with Crippen LogP contribution in [0.25, 0.3) is 11.3 Å². The molecule has 2 N–H and O–H groups in total. The standard InChI is InChI=1S/C12H14FN3O/c1-14-7-8-6-10(16-15-8)12-9(13)4-3-5-11(12)17-2/h3-6,14H,7H2,1-2H3,(H,15,16). The molecule has 4 nitrogen and oxygen atoms in total. The van der Waals surface area contributed by atoms with Gasteiger partial charge in [0.25, 0.3) is 0 Å². The van der Waals surface area contributed by atoms with Crippen molar-refractivity contribution < 1.29 is 9.13 Å². The number of benzene rings is 1. The molecule has 0 amide bonds. The Hall–Kier alpha value is -1.88. The molecule has 0 unspecified atom stereocenters. The van der Waals surface area contributed by atoms with E-state index in [4.69, 9.17) is 4.74 Å². The van der Waals surface area contributed by atoms with Crippen LogP contribution in [-0.4, -0.2) is 24.4 Å². The minimum absolute atomic E-state index is 0.341. The number of aromatic nitrogens is 2. The number of nitrogens with zero attached hydrogens (tertiary/aromatic N) is 1. The van der Waals surface area contributed by atoms with E-state index < -0.39 is 0 Å². The van der Waals surface area contributed by atoms with E-state index in [9.17, 15) is 4.39 Å². The van der Waals surface area contributed by atoms with Gasteiger partial charge in [-0.1, -0.05) is 6.07 Å². The summed E-state index contributed by atoms with van der Waals surface area (Å²) in [6.45, 7) is 0.657. The first-order valence-electron chi connectivity index (χ1n) is 5.28. The number of ether oxygens (including phenoxy) is 1. The summed E-state index contributed by atoms with van der Waals surface area (Å²) in [4.78, 5) is 0. The number of rotatable bonds is 4. The summed E-state index contributed by atoms with van der Waals surface area (Å²) in [6, 6.07) is 6.52. The quantitative estimate of drug-likeness (QED) is 0.851. The van der Waals surface area contributed by atoms with E-state index in [1.54, 1.807) is 18.2 Å². The number of hydrogen-bond donors (Lipinski definition) is 2. The summed E-state index contributed by atoms with van der Waals surface area (Å²) in [5, 5.41) is 9.93. The maximum absolute atomic E-state index is 13.8. The summed E-state index contributed by atoms with van der Waals surface area (Å²) >= 11 is 0. The molecule has 2 aromatic rings. The molecular weight excluding hydrogens is 221 g/mol. The van der Waals surface area contributed by atoms with Gasteiger partial charge in [-0.3, -0.25) is 5.10 Å². The van der Waals surface area contributed by atoms with E-state index in [2.05, 4.69) is 15.5 Å². The van der Waals surface area contributed by atoms with Gasteiger partial charge in [-0.25, -0.2) is 4.39 Å². The second-order valence-electron chi connectivity index (χ2n) is 3.63. The summed E-state index contributed by atoms with van der Waals surface area (Å²) < 4.78 is 18.9. The van der Waals surface area contributed by atoms with Gasteiger partial charge in [-0.2, -0.15) is 5.10 Å². The fourth-order valence-corrected chi connectivity index (χ4v) is 1.69. The Morgan fingerprint density at radius 1 is 1.47 bits per heavy atom. The maximum atomic E-state index is 13.8. The zero-order valence-corrected chi connectivity index (χ0v) is 9.75. The van der Waals surface area contributed by atoms with Crippen LogP contribution in [0.5, 0.6) is 5.75 Å². The first-order valence-corrected chi connectivity index (χ1v) is 5.28. The van der Waals surface area contributed by atoms with Gasteiger partial charge >= 0.3 is 0 Å². The first kappa shape index (κ1) is 11.6. The Morgan fingerprint density at radius 3 is 3.00 bits per heavy atom. The second-order valence-corrected chi connectivity index (χ2v) is 3.63. The second kappa shape index (κ2) is 4.97. The molecule has 5 heteroatoms. The predicted octanol–water partition coefficient (Wildman–Crippen LogP) is 1.94. The highest BCUT2D eigenvalue weighted by atomic mass is 19.1. The van der Waals surface area contributed by atoms with Crippen molar-refractivity contribution in [2.24, 2.45) is 0 Å². The minimum atomic E-state index is -0.341. The summed E-state index contributed by atoms with van der Waals surface area (Å²) in [7, 11) is 3.35. The average Bonchev–Trinajstić information content (AvgIpc) is 2.77. The van der Waals surface area contributed by atoms with Gasteiger partial charge in [0.2, 0.25) is 0 Å². The summed E-state index contributed by atoms with van der Waals surface area (Å²) in [5.41, 5.74) is 1.83. The molecule has 1 aromatic carbocycles. The third-order valence-corrected chi connectivity index (χ3v) is 2.45. The molecule has 0 atom stereocenters. The largest absolute Gasteiger partial charge is 0.496 e. The maximum Gasteiger partial charge on any atom is 0.136 e. The number of hydrogen-bond acceptors (Lipinski definition) is 3. The molecule has 90 valence electrons. The third kappa shape index (κ3) is 2.29. The van der Waals surface area contributed by atoms with Crippen LogP contribution >= 0.6 is 0 Å². The molecule has 0 spiro atoms. The van der Waals surface area contributed by atoms with Crippen molar-refractivity contribution in [1.82, 2.24) is 15.5 Å². The van der Waals surface area contributed by atoms with Gasteiger partial charge in [0, 0.05) is 12.2 Å². The monoisotopic (exact) mass is 235 g/mol. The van der Waals surface area contributed by atoms with Crippen molar-refractivity contribution in [1.29, 1.82) is 0 Å². The van der Waals surface area contributed by atoms with Crippen molar-refractivity contribution >= 4 is 0 Å². The van der Waals surface area contributed by atoms with Crippen LogP contribution in [0, 0.1) is 5.82 Å². The highest BCUT2D eigenvalue weighted by Crippen LogP contribution is 2.31. The van der Waals surface area contributed by atoms with Gasteiger partial charge in [0.1, 0.15) is 11.6 Å². The van der Waals surface area contributed by atoms with Crippen molar-refractivity contribution in [3.63, 3.8) is 0 Å². The first-order chi connectivity index (χ1) is 8.26. The van der Waals surface area contributed by atoms with Crippen LogP contribution in [-0.2, 0) is 6.54 Å². The van der Waals surface area contributed by atoms with Gasteiger partial charge in [0.05, 0.1) is 18.4 Å². The molecular formula is C12H14FN3O. The van der Waals surface area contributed by atoms with Crippen molar-refractivity contribution in [3.05, 3.63) is 35.8 Å².